The van der Waals surface area contributed by atoms with Gasteiger partial charge in [0.25, 0.3) is 6.47 Å². The predicted molar refractivity (Wildman–Crippen MR) is 69.4 cm³/mol. The highest BCUT2D eigenvalue weighted by molar-refractivity contribution is 9.08. The highest BCUT2D eigenvalue weighted by Crippen LogP contribution is 2.09. The first-order valence-corrected chi connectivity index (χ1v) is 6.77. The van der Waals surface area contributed by atoms with Crippen LogP contribution in [0.25, 0.3) is 0 Å². The third kappa shape index (κ3) is 7.56. The summed E-state index contributed by atoms with van der Waals surface area (Å²) in [5, 5.41) is 1.88. The molecule has 0 fully saturated rings. The molecular weight excluding hydrogens is 324 g/mol. The standard InChI is InChI=1S/C8H8Br2.C3H6O2/c9-5-7-1-2-8(6-10)4-3-7;1-2-5-3-4/h1-4H,5-6H2;3H,2H2,1H3. The lowest BCUT2D eigenvalue weighted by Crippen LogP contribution is -1.80. The van der Waals surface area contributed by atoms with E-state index >= 15 is 0 Å². The van der Waals surface area contributed by atoms with Crippen molar-refractivity contribution in [1.29, 1.82) is 0 Å². The number of hydrogen-bond acceptors (Lipinski definition) is 2. The molecule has 2 nitrogen and oxygen atoms in total. The smallest absolute Gasteiger partial charge is 0.293 e. The van der Waals surface area contributed by atoms with Gasteiger partial charge in [0.05, 0.1) is 6.61 Å². The molecule has 1 aromatic rings. The third-order valence-corrected chi connectivity index (χ3v) is 2.86. The molecule has 0 atom stereocenters. The monoisotopic (exact) mass is 336 g/mol. The van der Waals surface area contributed by atoms with Crippen molar-refractivity contribution in [3.63, 3.8) is 0 Å². The Morgan fingerprint density at radius 1 is 1.13 bits per heavy atom. The SMILES string of the molecule is BrCc1ccc(CBr)cc1.CCOC=O. The number of benzene rings is 1. The minimum atomic E-state index is 0.431. The zero-order chi connectivity index (χ0) is 11.5. The lowest BCUT2D eigenvalue weighted by Gasteiger charge is -1.96. The number of hydrogen-bond donors (Lipinski definition) is 0. The number of ether oxygens (including phenoxy) is 1. The molecule has 84 valence electrons. The molecule has 0 aliphatic carbocycles. The van der Waals surface area contributed by atoms with Gasteiger partial charge in [-0.3, -0.25) is 4.79 Å². The van der Waals surface area contributed by atoms with Gasteiger partial charge in [-0.1, -0.05) is 56.1 Å². The molecule has 0 amide bonds. The number of carbonyl (C=O) groups is 1. The van der Waals surface area contributed by atoms with Crippen molar-refractivity contribution in [2.75, 3.05) is 6.61 Å². The summed E-state index contributed by atoms with van der Waals surface area (Å²) in [6.07, 6.45) is 0. The summed E-state index contributed by atoms with van der Waals surface area (Å²) in [5.74, 6) is 0. The maximum Gasteiger partial charge on any atom is 0.293 e. The first-order chi connectivity index (χ1) is 7.28. The van der Waals surface area contributed by atoms with E-state index in [1.54, 1.807) is 6.92 Å². The normalized spacial score (nSPS) is 8.73. The van der Waals surface area contributed by atoms with Gasteiger partial charge in [0.15, 0.2) is 0 Å². The molecular formula is C11H14Br2O2. The van der Waals surface area contributed by atoms with E-state index in [0.29, 0.717) is 13.1 Å². The Morgan fingerprint density at radius 3 is 1.67 bits per heavy atom. The molecule has 0 aliphatic rings. The van der Waals surface area contributed by atoms with E-state index in [1.165, 1.54) is 11.1 Å². The quantitative estimate of drug-likeness (QED) is 0.619. The minimum Gasteiger partial charge on any atom is -0.468 e. The fourth-order valence-electron chi connectivity index (χ4n) is 0.785. The number of rotatable bonds is 4. The first-order valence-electron chi connectivity index (χ1n) is 4.53. The van der Waals surface area contributed by atoms with E-state index in [-0.39, 0.29) is 0 Å². The topological polar surface area (TPSA) is 26.3 Å². The van der Waals surface area contributed by atoms with Crippen molar-refractivity contribution in [1.82, 2.24) is 0 Å². The summed E-state index contributed by atoms with van der Waals surface area (Å²) in [7, 11) is 0. The van der Waals surface area contributed by atoms with E-state index in [2.05, 4.69) is 60.9 Å². The molecule has 4 heteroatoms. The Balaban J connectivity index is 0.000000336. The largest absolute Gasteiger partial charge is 0.468 e. The van der Waals surface area contributed by atoms with Crippen LogP contribution in [0.5, 0.6) is 0 Å². The molecule has 0 aromatic heterocycles. The molecule has 0 saturated heterocycles. The van der Waals surface area contributed by atoms with Gasteiger partial charge in [-0.05, 0) is 18.1 Å². The van der Waals surface area contributed by atoms with Crippen LogP contribution in [0.2, 0.25) is 0 Å². The average molecular weight is 338 g/mol. The van der Waals surface area contributed by atoms with Gasteiger partial charge in [0.1, 0.15) is 0 Å². The molecule has 0 radical (unpaired) electrons. The summed E-state index contributed by atoms with van der Waals surface area (Å²) in [5.41, 5.74) is 2.65. The van der Waals surface area contributed by atoms with Gasteiger partial charge in [0.2, 0.25) is 0 Å². The predicted octanol–water partition coefficient (Wildman–Crippen LogP) is 3.66. The minimum absolute atomic E-state index is 0.431. The summed E-state index contributed by atoms with van der Waals surface area (Å²) in [6, 6.07) is 8.52. The maximum atomic E-state index is 9.18. The second-order valence-corrected chi connectivity index (χ2v) is 3.76. The van der Waals surface area contributed by atoms with Gasteiger partial charge in [-0.15, -0.1) is 0 Å². The molecule has 1 rings (SSSR count). The fraction of sp³-hybridized carbons (Fsp3) is 0.364. The number of carbonyl (C=O) groups excluding carboxylic acids is 1. The van der Waals surface area contributed by atoms with Crippen LogP contribution in [-0.2, 0) is 20.2 Å². The molecule has 0 N–H and O–H groups in total. The van der Waals surface area contributed by atoms with E-state index in [4.69, 9.17) is 0 Å². The van der Waals surface area contributed by atoms with Gasteiger partial charge in [-0.25, -0.2) is 0 Å². The van der Waals surface area contributed by atoms with Crippen LogP contribution in [0, 0.1) is 0 Å². The zero-order valence-corrected chi connectivity index (χ0v) is 11.8. The second kappa shape index (κ2) is 10.2. The summed E-state index contributed by atoms with van der Waals surface area (Å²) < 4.78 is 4.15. The summed E-state index contributed by atoms with van der Waals surface area (Å²) in [6.45, 7) is 2.66. The van der Waals surface area contributed by atoms with E-state index < -0.39 is 0 Å². The van der Waals surface area contributed by atoms with Gasteiger partial charge in [-0.2, -0.15) is 0 Å². The Labute approximate surface area is 107 Å². The Hall–Kier alpha value is -0.350. The molecule has 15 heavy (non-hydrogen) atoms. The lowest BCUT2D eigenvalue weighted by atomic mass is 10.2. The van der Waals surface area contributed by atoms with Gasteiger partial charge >= 0.3 is 0 Å². The van der Waals surface area contributed by atoms with E-state index in [9.17, 15) is 4.79 Å². The highest BCUT2D eigenvalue weighted by atomic mass is 79.9. The van der Waals surface area contributed by atoms with Gasteiger partial charge < -0.3 is 4.74 Å². The summed E-state index contributed by atoms with van der Waals surface area (Å²) >= 11 is 6.78. The lowest BCUT2D eigenvalue weighted by molar-refractivity contribution is -0.128. The van der Waals surface area contributed by atoms with Crippen LogP contribution in [0.1, 0.15) is 18.1 Å². The molecule has 0 unspecified atom stereocenters. The Morgan fingerprint density at radius 2 is 1.53 bits per heavy atom. The molecule has 0 aliphatic heterocycles. The van der Waals surface area contributed by atoms with Crippen LogP contribution in [0.15, 0.2) is 24.3 Å². The molecule has 0 heterocycles. The van der Waals surface area contributed by atoms with Crippen molar-refractivity contribution in [2.45, 2.75) is 17.6 Å². The molecule has 0 saturated carbocycles. The molecule has 0 bridgehead atoms. The number of alkyl halides is 2. The van der Waals surface area contributed by atoms with Crippen LogP contribution in [-0.4, -0.2) is 13.1 Å². The number of halogens is 2. The van der Waals surface area contributed by atoms with Crippen LogP contribution >= 0.6 is 31.9 Å². The summed E-state index contributed by atoms with van der Waals surface area (Å²) in [4.78, 5) is 9.18. The highest BCUT2D eigenvalue weighted by Gasteiger charge is 1.89. The van der Waals surface area contributed by atoms with Crippen LogP contribution < -0.4 is 0 Å². The third-order valence-electron chi connectivity index (χ3n) is 1.57. The van der Waals surface area contributed by atoms with Gasteiger partial charge in [0, 0.05) is 10.7 Å². The fourth-order valence-corrected chi connectivity index (χ4v) is 1.53. The van der Waals surface area contributed by atoms with Crippen molar-refractivity contribution in [3.05, 3.63) is 35.4 Å². The van der Waals surface area contributed by atoms with Crippen molar-refractivity contribution in [2.24, 2.45) is 0 Å². The van der Waals surface area contributed by atoms with Crippen molar-refractivity contribution < 1.29 is 9.53 Å². The van der Waals surface area contributed by atoms with Crippen molar-refractivity contribution in [3.8, 4) is 0 Å². The zero-order valence-electron chi connectivity index (χ0n) is 8.58. The maximum absolute atomic E-state index is 9.18. The Kier molecular flexibility index (Phi) is 9.94. The van der Waals surface area contributed by atoms with E-state index in [1.807, 2.05) is 0 Å². The van der Waals surface area contributed by atoms with Crippen LogP contribution in [0.3, 0.4) is 0 Å². The Bertz CT molecular complexity index is 237. The second-order valence-electron chi connectivity index (χ2n) is 2.64. The molecule has 1 aromatic carbocycles. The van der Waals surface area contributed by atoms with E-state index in [0.717, 1.165) is 10.7 Å². The average Bonchev–Trinajstić information content (AvgIpc) is 2.31. The van der Waals surface area contributed by atoms with Crippen molar-refractivity contribution >= 4 is 38.3 Å². The van der Waals surface area contributed by atoms with Crippen LogP contribution in [0.4, 0.5) is 0 Å². The first kappa shape index (κ1) is 14.6. The molecule has 0 spiro atoms.